The molecule has 1 saturated heterocycles. The smallest absolute Gasteiger partial charge is 0.217 e. The molecule has 16 heavy (non-hydrogen) atoms. The number of amides is 1. The third kappa shape index (κ3) is 2.69. The van der Waals surface area contributed by atoms with E-state index in [2.05, 4.69) is 36.1 Å². The molecule has 0 aromatic carbocycles. The Morgan fingerprint density at radius 1 is 1.62 bits per heavy atom. The zero-order valence-electron chi connectivity index (χ0n) is 8.98. The van der Waals surface area contributed by atoms with Crippen LogP contribution in [0.5, 0.6) is 0 Å². The van der Waals surface area contributed by atoms with Crippen LogP contribution >= 0.6 is 15.9 Å². The minimum Gasteiger partial charge on any atom is -0.354 e. The topological polar surface area (TPSA) is 58.1 Å². The molecule has 1 aliphatic heterocycles. The van der Waals surface area contributed by atoms with Gasteiger partial charge in [-0.1, -0.05) is 0 Å². The van der Waals surface area contributed by atoms with Crippen LogP contribution in [0, 0.1) is 0 Å². The van der Waals surface area contributed by atoms with Crippen molar-refractivity contribution in [1.82, 2.24) is 15.3 Å². The lowest BCUT2D eigenvalue weighted by atomic mass is 10.3. The highest BCUT2D eigenvalue weighted by molar-refractivity contribution is 9.10. The quantitative estimate of drug-likeness (QED) is 0.822. The third-order valence-electron chi connectivity index (χ3n) is 2.54. The van der Waals surface area contributed by atoms with Crippen molar-refractivity contribution in [3.05, 3.63) is 17.0 Å². The van der Waals surface area contributed by atoms with Crippen LogP contribution in [-0.2, 0) is 4.79 Å². The molecule has 1 atom stereocenters. The van der Waals surface area contributed by atoms with E-state index in [4.69, 9.17) is 0 Å². The molecule has 1 N–H and O–H groups in total. The predicted molar refractivity (Wildman–Crippen MR) is 64.2 cm³/mol. The van der Waals surface area contributed by atoms with Crippen molar-refractivity contribution in [1.29, 1.82) is 0 Å². The third-order valence-corrected chi connectivity index (χ3v) is 2.97. The molecule has 1 aromatic heterocycles. The molecule has 1 aromatic rings. The van der Waals surface area contributed by atoms with Crippen molar-refractivity contribution in [2.75, 3.05) is 18.0 Å². The summed E-state index contributed by atoms with van der Waals surface area (Å²) in [6.45, 7) is 3.27. The Bertz CT molecular complexity index is 398. The molecular formula is C10H13BrN4O. The number of carbonyl (C=O) groups excluding carboxylic acids is 1. The number of halogens is 1. The van der Waals surface area contributed by atoms with Crippen LogP contribution in [0.2, 0.25) is 0 Å². The van der Waals surface area contributed by atoms with Gasteiger partial charge in [0.1, 0.15) is 16.7 Å². The van der Waals surface area contributed by atoms with Crippen LogP contribution < -0.4 is 10.2 Å². The van der Waals surface area contributed by atoms with Gasteiger partial charge in [0.2, 0.25) is 5.91 Å². The fourth-order valence-corrected chi connectivity index (χ4v) is 2.17. The van der Waals surface area contributed by atoms with E-state index in [-0.39, 0.29) is 11.9 Å². The first kappa shape index (κ1) is 11.3. The summed E-state index contributed by atoms with van der Waals surface area (Å²) in [5, 5.41) is 2.92. The minimum atomic E-state index is 0.0238. The number of nitrogens with zero attached hydrogens (tertiary/aromatic N) is 3. The molecule has 0 radical (unpaired) electrons. The molecule has 1 aliphatic rings. The fraction of sp³-hybridized carbons (Fsp3) is 0.500. The number of hydrogen-bond acceptors (Lipinski definition) is 4. The van der Waals surface area contributed by atoms with Crippen molar-refractivity contribution in [3.63, 3.8) is 0 Å². The molecule has 0 aliphatic carbocycles. The summed E-state index contributed by atoms with van der Waals surface area (Å²) in [5.41, 5.74) is 0. The minimum absolute atomic E-state index is 0.0238. The monoisotopic (exact) mass is 284 g/mol. The maximum atomic E-state index is 10.9. The van der Waals surface area contributed by atoms with Gasteiger partial charge >= 0.3 is 0 Å². The van der Waals surface area contributed by atoms with Crippen LogP contribution in [0.4, 0.5) is 5.82 Å². The van der Waals surface area contributed by atoms with E-state index in [1.165, 1.54) is 6.33 Å². The van der Waals surface area contributed by atoms with Gasteiger partial charge in [0, 0.05) is 32.1 Å². The van der Waals surface area contributed by atoms with Gasteiger partial charge in [-0.05, 0) is 22.4 Å². The molecule has 6 heteroatoms. The summed E-state index contributed by atoms with van der Waals surface area (Å²) >= 11 is 3.32. The van der Waals surface area contributed by atoms with Crippen LogP contribution in [-0.4, -0.2) is 35.0 Å². The van der Waals surface area contributed by atoms with E-state index >= 15 is 0 Å². The van der Waals surface area contributed by atoms with Gasteiger partial charge in [0.05, 0.1) is 0 Å². The summed E-state index contributed by atoms with van der Waals surface area (Å²) in [7, 11) is 0. The molecule has 1 fully saturated rings. The predicted octanol–water partition coefficient (Wildman–Crippen LogP) is 0.954. The number of hydrogen-bond donors (Lipinski definition) is 1. The summed E-state index contributed by atoms with van der Waals surface area (Å²) in [6.07, 6.45) is 2.49. The van der Waals surface area contributed by atoms with Crippen molar-refractivity contribution >= 4 is 27.7 Å². The number of rotatable bonds is 2. The fourth-order valence-electron chi connectivity index (χ4n) is 1.87. The Morgan fingerprint density at radius 2 is 2.44 bits per heavy atom. The maximum absolute atomic E-state index is 10.9. The van der Waals surface area contributed by atoms with Crippen molar-refractivity contribution in [2.24, 2.45) is 0 Å². The maximum Gasteiger partial charge on any atom is 0.217 e. The van der Waals surface area contributed by atoms with Gasteiger partial charge in [0.25, 0.3) is 0 Å². The average Bonchev–Trinajstić information content (AvgIpc) is 2.65. The van der Waals surface area contributed by atoms with Gasteiger partial charge in [-0.25, -0.2) is 9.97 Å². The summed E-state index contributed by atoms with van der Waals surface area (Å²) < 4.78 is 0.778. The van der Waals surface area contributed by atoms with E-state index in [0.29, 0.717) is 0 Å². The first-order valence-corrected chi connectivity index (χ1v) is 5.94. The van der Waals surface area contributed by atoms with E-state index in [9.17, 15) is 4.79 Å². The zero-order valence-corrected chi connectivity index (χ0v) is 10.6. The highest BCUT2D eigenvalue weighted by atomic mass is 79.9. The van der Waals surface area contributed by atoms with Crippen LogP contribution in [0.1, 0.15) is 13.3 Å². The molecule has 0 spiro atoms. The standard InChI is InChI=1S/C10H13BrN4O/c1-7(16)14-8-2-3-15(5-8)10-4-9(11)12-6-13-10/h4,6,8H,2-3,5H2,1H3,(H,14,16). The lowest BCUT2D eigenvalue weighted by Gasteiger charge is -2.17. The van der Waals surface area contributed by atoms with Gasteiger partial charge < -0.3 is 10.2 Å². The zero-order chi connectivity index (χ0) is 11.5. The van der Waals surface area contributed by atoms with E-state index < -0.39 is 0 Å². The van der Waals surface area contributed by atoms with E-state index in [0.717, 1.165) is 29.9 Å². The molecule has 5 nitrogen and oxygen atoms in total. The van der Waals surface area contributed by atoms with Gasteiger partial charge in [-0.15, -0.1) is 0 Å². The first-order chi connectivity index (χ1) is 7.65. The molecule has 2 heterocycles. The molecule has 2 rings (SSSR count). The lowest BCUT2D eigenvalue weighted by Crippen LogP contribution is -2.35. The van der Waals surface area contributed by atoms with Crippen molar-refractivity contribution in [3.8, 4) is 0 Å². The molecule has 1 amide bonds. The Hall–Kier alpha value is -1.17. The second-order valence-electron chi connectivity index (χ2n) is 3.83. The largest absolute Gasteiger partial charge is 0.354 e. The number of carbonyl (C=O) groups is 1. The molecule has 86 valence electrons. The van der Waals surface area contributed by atoms with Crippen LogP contribution in [0.25, 0.3) is 0 Å². The number of anilines is 1. The lowest BCUT2D eigenvalue weighted by molar-refractivity contribution is -0.119. The Kier molecular flexibility index (Phi) is 3.38. The first-order valence-electron chi connectivity index (χ1n) is 5.15. The normalized spacial score (nSPS) is 19.9. The Morgan fingerprint density at radius 3 is 3.12 bits per heavy atom. The van der Waals surface area contributed by atoms with Gasteiger partial charge in [-0.2, -0.15) is 0 Å². The Balaban J connectivity index is 2.00. The number of aromatic nitrogens is 2. The van der Waals surface area contributed by atoms with Crippen LogP contribution in [0.3, 0.4) is 0 Å². The SMILES string of the molecule is CC(=O)NC1CCN(c2cc(Br)ncn2)C1. The van der Waals surface area contributed by atoms with Gasteiger partial charge in [0.15, 0.2) is 0 Å². The highest BCUT2D eigenvalue weighted by Gasteiger charge is 2.23. The molecule has 0 bridgehead atoms. The average molecular weight is 285 g/mol. The second kappa shape index (κ2) is 4.78. The summed E-state index contributed by atoms with van der Waals surface area (Å²) in [4.78, 5) is 21.3. The van der Waals surface area contributed by atoms with E-state index in [1.807, 2.05) is 6.07 Å². The highest BCUT2D eigenvalue weighted by Crippen LogP contribution is 2.19. The summed E-state index contributed by atoms with van der Waals surface area (Å²) in [6, 6.07) is 2.11. The van der Waals surface area contributed by atoms with Crippen molar-refractivity contribution in [2.45, 2.75) is 19.4 Å². The molecular weight excluding hydrogens is 272 g/mol. The Labute approximate surface area is 102 Å². The summed E-state index contributed by atoms with van der Waals surface area (Å²) in [5.74, 6) is 0.922. The second-order valence-corrected chi connectivity index (χ2v) is 4.64. The van der Waals surface area contributed by atoms with Crippen molar-refractivity contribution < 1.29 is 4.79 Å². The molecule has 0 saturated carbocycles. The number of nitrogens with one attached hydrogen (secondary N) is 1. The van der Waals surface area contributed by atoms with Gasteiger partial charge in [-0.3, -0.25) is 4.79 Å². The van der Waals surface area contributed by atoms with Crippen LogP contribution in [0.15, 0.2) is 17.0 Å². The molecule has 1 unspecified atom stereocenters. The van der Waals surface area contributed by atoms with E-state index in [1.54, 1.807) is 6.92 Å².